The van der Waals surface area contributed by atoms with Gasteiger partial charge in [0.25, 0.3) is 0 Å². The molecule has 0 saturated heterocycles. The van der Waals surface area contributed by atoms with Gasteiger partial charge >= 0.3 is 0 Å². The summed E-state index contributed by atoms with van der Waals surface area (Å²) in [6.45, 7) is 0. The van der Waals surface area contributed by atoms with Crippen molar-refractivity contribution in [1.29, 1.82) is 0 Å². The highest BCUT2D eigenvalue weighted by Gasteiger charge is 2.13. The summed E-state index contributed by atoms with van der Waals surface area (Å²) in [6.07, 6.45) is 0. The van der Waals surface area contributed by atoms with Gasteiger partial charge in [0.15, 0.2) is 0 Å². The molecule has 0 aliphatic heterocycles. The number of anilines is 3. The van der Waals surface area contributed by atoms with Gasteiger partial charge < -0.3 is 17.2 Å². The molecule has 4 rings (SSSR count). The molecule has 0 fully saturated rings. The van der Waals surface area contributed by atoms with Crippen molar-refractivity contribution in [3.63, 3.8) is 0 Å². The number of nitrogen functional groups attached to an aromatic ring is 3. The van der Waals surface area contributed by atoms with Crippen LogP contribution in [0, 0.1) is 0 Å². The fourth-order valence-corrected chi connectivity index (χ4v) is 3.13. The molecule has 4 aromatic carbocycles. The van der Waals surface area contributed by atoms with Crippen molar-refractivity contribution in [3.8, 4) is 0 Å². The molecular weight excluding hydrogens is 258 g/mol. The summed E-state index contributed by atoms with van der Waals surface area (Å²) in [5, 5.41) is 6.66. The summed E-state index contributed by atoms with van der Waals surface area (Å²) in [4.78, 5) is 0. The molecule has 0 aromatic heterocycles. The third kappa shape index (κ3) is 1.48. The molecule has 0 unspecified atom stereocenters. The Bertz CT molecular complexity index is 1020. The van der Waals surface area contributed by atoms with Crippen molar-refractivity contribution >= 4 is 49.4 Å². The van der Waals surface area contributed by atoms with Gasteiger partial charge in [-0.3, -0.25) is 0 Å². The molecular formula is C18H15N3. The van der Waals surface area contributed by atoms with Gasteiger partial charge in [0.1, 0.15) is 0 Å². The van der Waals surface area contributed by atoms with Crippen LogP contribution in [0.5, 0.6) is 0 Å². The number of fused-ring (bicyclic) bond motifs is 6. The first kappa shape index (κ1) is 11.9. The molecule has 3 heteroatoms. The molecule has 0 saturated carbocycles. The van der Waals surface area contributed by atoms with Gasteiger partial charge in [-0.05, 0) is 33.0 Å². The Labute approximate surface area is 121 Å². The first-order valence-electron chi connectivity index (χ1n) is 6.85. The maximum Gasteiger partial charge on any atom is 0.0788 e. The lowest BCUT2D eigenvalue weighted by Gasteiger charge is -2.14. The fraction of sp³-hybridized carbons (Fsp3) is 0. The Morgan fingerprint density at radius 2 is 1.00 bits per heavy atom. The van der Waals surface area contributed by atoms with E-state index in [9.17, 15) is 0 Å². The maximum absolute atomic E-state index is 6.27. The van der Waals surface area contributed by atoms with Crippen LogP contribution in [-0.4, -0.2) is 0 Å². The Morgan fingerprint density at radius 1 is 0.524 bits per heavy atom. The third-order valence-corrected chi connectivity index (χ3v) is 4.14. The van der Waals surface area contributed by atoms with Crippen molar-refractivity contribution < 1.29 is 0 Å². The van der Waals surface area contributed by atoms with Crippen LogP contribution in [0.2, 0.25) is 0 Å². The summed E-state index contributed by atoms with van der Waals surface area (Å²) in [5.41, 5.74) is 19.9. The third-order valence-electron chi connectivity index (χ3n) is 4.14. The van der Waals surface area contributed by atoms with E-state index in [0.717, 1.165) is 21.5 Å². The van der Waals surface area contributed by atoms with Crippen molar-refractivity contribution in [3.05, 3.63) is 54.6 Å². The number of benzene rings is 4. The normalized spacial score (nSPS) is 11.4. The molecule has 4 aromatic rings. The first-order valence-corrected chi connectivity index (χ1v) is 6.85. The van der Waals surface area contributed by atoms with E-state index < -0.39 is 0 Å². The predicted octanol–water partition coefficient (Wildman–Crippen LogP) is 3.89. The number of nitrogens with two attached hydrogens (primary N) is 3. The van der Waals surface area contributed by atoms with E-state index in [1.54, 1.807) is 0 Å². The Kier molecular flexibility index (Phi) is 2.27. The van der Waals surface area contributed by atoms with Crippen LogP contribution in [-0.2, 0) is 0 Å². The lowest BCUT2D eigenvalue weighted by molar-refractivity contribution is 1.71. The summed E-state index contributed by atoms with van der Waals surface area (Å²) < 4.78 is 0. The molecule has 0 aliphatic rings. The maximum atomic E-state index is 6.27. The van der Waals surface area contributed by atoms with Crippen molar-refractivity contribution in [1.82, 2.24) is 0 Å². The molecule has 0 spiro atoms. The highest BCUT2D eigenvalue weighted by Crippen LogP contribution is 2.41. The molecule has 0 atom stereocenters. The smallest absolute Gasteiger partial charge is 0.0788 e. The SMILES string of the molecule is Nc1cc2c3ccccc3c3ccccc3c2c(N)c1N. The van der Waals surface area contributed by atoms with E-state index in [4.69, 9.17) is 17.2 Å². The van der Waals surface area contributed by atoms with E-state index >= 15 is 0 Å². The second kappa shape index (κ2) is 4.03. The van der Waals surface area contributed by atoms with Crippen molar-refractivity contribution in [2.45, 2.75) is 0 Å². The topological polar surface area (TPSA) is 78.1 Å². The summed E-state index contributed by atoms with van der Waals surface area (Å²) in [6, 6.07) is 18.5. The second-order valence-electron chi connectivity index (χ2n) is 5.31. The van der Waals surface area contributed by atoms with E-state index in [0.29, 0.717) is 17.1 Å². The zero-order valence-corrected chi connectivity index (χ0v) is 11.4. The Hall–Kier alpha value is -2.94. The van der Waals surface area contributed by atoms with Crippen LogP contribution in [0.15, 0.2) is 54.6 Å². The molecule has 0 heterocycles. The van der Waals surface area contributed by atoms with Gasteiger partial charge in [-0.15, -0.1) is 0 Å². The summed E-state index contributed by atoms with van der Waals surface area (Å²) in [7, 11) is 0. The molecule has 3 nitrogen and oxygen atoms in total. The Morgan fingerprint density at radius 3 is 1.62 bits per heavy atom. The monoisotopic (exact) mass is 273 g/mol. The number of hydrogen-bond donors (Lipinski definition) is 3. The highest BCUT2D eigenvalue weighted by atomic mass is 14.7. The number of rotatable bonds is 0. The van der Waals surface area contributed by atoms with E-state index in [1.807, 2.05) is 30.3 Å². The van der Waals surface area contributed by atoms with Crippen LogP contribution in [0.4, 0.5) is 17.1 Å². The van der Waals surface area contributed by atoms with E-state index in [2.05, 4.69) is 24.3 Å². The fourth-order valence-electron chi connectivity index (χ4n) is 3.13. The molecule has 0 bridgehead atoms. The zero-order valence-electron chi connectivity index (χ0n) is 11.4. The predicted molar refractivity (Wildman–Crippen MR) is 92.2 cm³/mol. The molecule has 6 N–H and O–H groups in total. The molecule has 21 heavy (non-hydrogen) atoms. The molecule has 0 radical (unpaired) electrons. The Balaban J connectivity index is 2.46. The van der Waals surface area contributed by atoms with Gasteiger partial charge in [-0.1, -0.05) is 48.5 Å². The van der Waals surface area contributed by atoms with Crippen molar-refractivity contribution in [2.75, 3.05) is 17.2 Å². The minimum absolute atomic E-state index is 0.461. The van der Waals surface area contributed by atoms with E-state index in [1.165, 1.54) is 10.8 Å². The standard InChI is InChI=1S/C18H15N3/c19-15-9-14-12-7-2-1-5-10(12)11-6-3-4-8-13(11)16(14)18(21)17(15)20/h1-9H,19-21H2. The van der Waals surface area contributed by atoms with Crippen LogP contribution in [0.25, 0.3) is 32.3 Å². The minimum Gasteiger partial charge on any atom is -0.397 e. The average Bonchev–Trinajstić information content (AvgIpc) is 2.52. The van der Waals surface area contributed by atoms with Gasteiger partial charge in [-0.25, -0.2) is 0 Å². The van der Waals surface area contributed by atoms with Gasteiger partial charge in [0.05, 0.1) is 17.1 Å². The lowest BCUT2D eigenvalue weighted by atomic mass is 9.92. The quantitative estimate of drug-likeness (QED) is 0.336. The molecule has 0 aliphatic carbocycles. The van der Waals surface area contributed by atoms with Crippen LogP contribution in [0.3, 0.4) is 0 Å². The molecule has 0 amide bonds. The van der Waals surface area contributed by atoms with Crippen molar-refractivity contribution in [2.24, 2.45) is 0 Å². The van der Waals surface area contributed by atoms with Crippen LogP contribution >= 0.6 is 0 Å². The largest absolute Gasteiger partial charge is 0.397 e. The molecule has 102 valence electrons. The summed E-state index contributed by atoms with van der Waals surface area (Å²) >= 11 is 0. The lowest BCUT2D eigenvalue weighted by Crippen LogP contribution is -2.01. The highest BCUT2D eigenvalue weighted by molar-refractivity contribution is 6.29. The van der Waals surface area contributed by atoms with Crippen LogP contribution in [0.1, 0.15) is 0 Å². The number of hydrogen-bond acceptors (Lipinski definition) is 3. The van der Waals surface area contributed by atoms with Gasteiger partial charge in [-0.2, -0.15) is 0 Å². The second-order valence-corrected chi connectivity index (χ2v) is 5.31. The summed E-state index contributed by atoms with van der Waals surface area (Å²) in [5.74, 6) is 0. The zero-order chi connectivity index (χ0) is 14.6. The first-order chi connectivity index (χ1) is 10.2. The van der Waals surface area contributed by atoms with Gasteiger partial charge in [0.2, 0.25) is 0 Å². The minimum atomic E-state index is 0.461. The van der Waals surface area contributed by atoms with E-state index in [-0.39, 0.29) is 0 Å². The van der Waals surface area contributed by atoms with Gasteiger partial charge in [0, 0.05) is 5.39 Å². The average molecular weight is 273 g/mol. The van der Waals surface area contributed by atoms with Crippen LogP contribution < -0.4 is 17.2 Å².